The van der Waals surface area contributed by atoms with Crippen LogP contribution in [0.2, 0.25) is 0 Å². The zero-order valence-corrected chi connectivity index (χ0v) is 18.3. The van der Waals surface area contributed by atoms with Crippen LogP contribution in [0.3, 0.4) is 0 Å². The highest BCUT2D eigenvalue weighted by atomic mass is 15.0. The zero-order valence-electron chi connectivity index (χ0n) is 18.3. The Morgan fingerprint density at radius 1 is 0.633 bits per heavy atom. The fourth-order valence-corrected chi connectivity index (χ4v) is 4.06. The third-order valence-corrected chi connectivity index (χ3v) is 5.36. The van der Waals surface area contributed by atoms with Gasteiger partial charge >= 0.3 is 0 Å². The lowest BCUT2D eigenvalue weighted by Crippen LogP contribution is -2.02. The Bertz CT molecular complexity index is 1060. The van der Waals surface area contributed by atoms with Gasteiger partial charge in [-0.15, -0.1) is 0 Å². The molecule has 2 aromatic heterocycles. The molecule has 0 amide bonds. The first-order valence-corrected chi connectivity index (χ1v) is 10.6. The Labute approximate surface area is 179 Å². The van der Waals surface area contributed by atoms with E-state index >= 15 is 0 Å². The number of hydrogen-bond acceptors (Lipinski definition) is 3. The highest BCUT2D eigenvalue weighted by Crippen LogP contribution is 2.20. The molecule has 152 valence electrons. The number of benzene rings is 2. The normalized spacial score (nSPS) is 11.1. The summed E-state index contributed by atoms with van der Waals surface area (Å²) in [6.07, 6.45) is 1.98. The molecule has 0 radical (unpaired) electrons. The molecule has 0 bridgehead atoms. The van der Waals surface area contributed by atoms with Crippen LogP contribution in [-0.2, 0) is 19.4 Å². The summed E-state index contributed by atoms with van der Waals surface area (Å²) in [6, 6.07) is 22.0. The summed E-state index contributed by atoms with van der Waals surface area (Å²) in [4.78, 5) is 9.23. The van der Waals surface area contributed by atoms with Crippen LogP contribution in [0.1, 0.15) is 39.3 Å². The van der Waals surface area contributed by atoms with E-state index in [0.717, 1.165) is 36.6 Å². The molecular weight excluding hydrogens is 366 g/mol. The van der Waals surface area contributed by atoms with Crippen LogP contribution in [0.25, 0.3) is 10.8 Å². The van der Waals surface area contributed by atoms with Crippen LogP contribution in [0.5, 0.6) is 0 Å². The number of rotatable bonds is 6. The van der Waals surface area contributed by atoms with Crippen LogP contribution in [0, 0.1) is 27.7 Å². The first kappa shape index (κ1) is 20.1. The van der Waals surface area contributed by atoms with Gasteiger partial charge in [-0.3, -0.25) is 4.98 Å². The van der Waals surface area contributed by atoms with Crippen LogP contribution in [0.15, 0.2) is 60.7 Å². The topological polar surface area (TPSA) is 37.8 Å². The van der Waals surface area contributed by atoms with E-state index in [0.29, 0.717) is 0 Å². The Morgan fingerprint density at radius 2 is 1.27 bits per heavy atom. The van der Waals surface area contributed by atoms with Gasteiger partial charge in [-0.05, 0) is 104 Å². The fourth-order valence-electron chi connectivity index (χ4n) is 4.06. The van der Waals surface area contributed by atoms with E-state index in [1.165, 1.54) is 38.7 Å². The first-order valence-electron chi connectivity index (χ1n) is 10.6. The van der Waals surface area contributed by atoms with Gasteiger partial charge in [0.15, 0.2) is 0 Å². The number of aromatic nitrogens is 2. The van der Waals surface area contributed by atoms with Gasteiger partial charge in [0, 0.05) is 23.6 Å². The van der Waals surface area contributed by atoms with Gasteiger partial charge < -0.3 is 5.32 Å². The second-order valence-electron chi connectivity index (χ2n) is 8.32. The molecule has 0 saturated heterocycles. The van der Waals surface area contributed by atoms with Gasteiger partial charge in [-0.1, -0.05) is 30.3 Å². The summed E-state index contributed by atoms with van der Waals surface area (Å²) in [5.41, 5.74) is 8.44. The molecule has 1 N–H and O–H groups in total. The smallest absolute Gasteiger partial charge is 0.126 e. The van der Waals surface area contributed by atoms with Gasteiger partial charge in [0.1, 0.15) is 5.82 Å². The molecule has 0 fully saturated rings. The maximum atomic E-state index is 4.67. The number of aryl methyl sites for hydroxylation is 6. The molecule has 0 aliphatic rings. The second kappa shape index (κ2) is 8.66. The van der Waals surface area contributed by atoms with Gasteiger partial charge in [0.2, 0.25) is 0 Å². The van der Waals surface area contributed by atoms with Crippen molar-refractivity contribution < 1.29 is 0 Å². The number of fused-ring (bicyclic) bond motifs is 1. The molecule has 3 nitrogen and oxygen atoms in total. The second-order valence-corrected chi connectivity index (χ2v) is 8.32. The number of pyridine rings is 2. The summed E-state index contributed by atoms with van der Waals surface area (Å²) in [5.74, 6) is 0.933. The molecule has 0 atom stereocenters. The van der Waals surface area contributed by atoms with Crippen molar-refractivity contribution in [2.45, 2.75) is 47.1 Å². The summed E-state index contributed by atoms with van der Waals surface area (Å²) >= 11 is 0. The highest BCUT2D eigenvalue weighted by Gasteiger charge is 2.03. The van der Waals surface area contributed by atoms with Crippen molar-refractivity contribution in [2.75, 3.05) is 5.32 Å². The molecular formula is C27H29N3. The Balaban J connectivity index is 1.44. The van der Waals surface area contributed by atoms with Crippen molar-refractivity contribution in [1.82, 2.24) is 9.97 Å². The van der Waals surface area contributed by atoms with E-state index < -0.39 is 0 Å². The maximum Gasteiger partial charge on any atom is 0.126 e. The molecule has 4 rings (SSSR count). The summed E-state index contributed by atoms with van der Waals surface area (Å²) in [6.45, 7) is 9.10. The van der Waals surface area contributed by atoms with Crippen molar-refractivity contribution in [3.8, 4) is 0 Å². The third-order valence-electron chi connectivity index (χ3n) is 5.36. The molecule has 2 aromatic carbocycles. The van der Waals surface area contributed by atoms with E-state index in [2.05, 4.69) is 96.7 Å². The largest absolute Gasteiger partial charge is 0.366 e. The molecule has 0 aliphatic carbocycles. The monoisotopic (exact) mass is 395 g/mol. The van der Waals surface area contributed by atoms with Crippen molar-refractivity contribution in [3.05, 3.63) is 100.0 Å². The minimum absolute atomic E-state index is 0.770. The lowest BCUT2D eigenvalue weighted by Gasteiger charge is -2.10. The summed E-state index contributed by atoms with van der Waals surface area (Å²) in [5, 5.41) is 6.01. The minimum atomic E-state index is 0.770. The number of nitrogens with zero attached hydrogens (tertiary/aromatic N) is 2. The molecule has 0 spiro atoms. The van der Waals surface area contributed by atoms with E-state index in [-0.39, 0.29) is 0 Å². The van der Waals surface area contributed by atoms with Crippen molar-refractivity contribution in [2.24, 2.45) is 0 Å². The maximum absolute atomic E-state index is 4.67. The van der Waals surface area contributed by atoms with E-state index in [1.807, 2.05) is 6.92 Å². The third kappa shape index (κ3) is 5.04. The predicted octanol–water partition coefficient (Wildman–Crippen LogP) is 6.26. The van der Waals surface area contributed by atoms with Crippen molar-refractivity contribution >= 4 is 16.6 Å². The lowest BCUT2D eigenvalue weighted by molar-refractivity contribution is 0.900. The van der Waals surface area contributed by atoms with Crippen molar-refractivity contribution in [3.63, 3.8) is 0 Å². The van der Waals surface area contributed by atoms with Crippen LogP contribution in [0.4, 0.5) is 5.82 Å². The van der Waals surface area contributed by atoms with E-state index in [1.54, 1.807) is 0 Å². The van der Waals surface area contributed by atoms with E-state index in [4.69, 9.17) is 0 Å². The number of hydrogen-bond donors (Lipinski definition) is 1. The molecule has 2 heterocycles. The van der Waals surface area contributed by atoms with E-state index in [9.17, 15) is 0 Å². The van der Waals surface area contributed by atoms with Gasteiger partial charge in [-0.2, -0.15) is 0 Å². The number of anilines is 1. The molecule has 0 aliphatic heterocycles. The zero-order chi connectivity index (χ0) is 21.1. The SMILES string of the molecule is Cc1cc(C)nc(CCc2ccc3cc(CNc4cc(C)cc(C)n4)ccc3c2)c1. The van der Waals surface area contributed by atoms with Gasteiger partial charge in [-0.25, -0.2) is 4.98 Å². The van der Waals surface area contributed by atoms with Gasteiger partial charge in [0.05, 0.1) is 0 Å². The molecule has 0 saturated carbocycles. The highest BCUT2D eigenvalue weighted by molar-refractivity contribution is 5.83. The molecule has 4 aromatic rings. The first-order chi connectivity index (χ1) is 14.4. The quantitative estimate of drug-likeness (QED) is 0.419. The summed E-state index contributed by atoms with van der Waals surface area (Å²) < 4.78 is 0. The predicted molar refractivity (Wildman–Crippen MR) is 126 cm³/mol. The molecule has 0 unspecified atom stereocenters. The Morgan fingerprint density at radius 3 is 1.97 bits per heavy atom. The lowest BCUT2D eigenvalue weighted by atomic mass is 10.0. The Hall–Kier alpha value is -3.20. The van der Waals surface area contributed by atoms with Crippen LogP contribution < -0.4 is 5.32 Å². The van der Waals surface area contributed by atoms with Crippen LogP contribution in [-0.4, -0.2) is 9.97 Å². The standard InChI is InChI=1S/C27H29N3/c1-18-11-20(3)29-26(13-18)10-7-22-5-8-25-16-23(6-9-24(25)15-22)17-28-27-14-19(2)12-21(4)30-27/h5-6,8-9,11-16H,7,10,17H2,1-4H3,(H,28,30). The van der Waals surface area contributed by atoms with Crippen molar-refractivity contribution in [1.29, 1.82) is 0 Å². The summed E-state index contributed by atoms with van der Waals surface area (Å²) in [7, 11) is 0. The average molecular weight is 396 g/mol. The molecule has 3 heteroatoms. The van der Waals surface area contributed by atoms with Gasteiger partial charge in [0.25, 0.3) is 0 Å². The van der Waals surface area contributed by atoms with Crippen LogP contribution >= 0.6 is 0 Å². The Kier molecular flexibility index (Phi) is 5.80. The number of nitrogens with one attached hydrogen (secondary N) is 1. The average Bonchev–Trinajstić information content (AvgIpc) is 2.69. The fraction of sp³-hybridized carbons (Fsp3) is 0.259. The molecule has 30 heavy (non-hydrogen) atoms. The minimum Gasteiger partial charge on any atom is -0.366 e.